The maximum atomic E-state index is 13.0. The van der Waals surface area contributed by atoms with Crippen LogP contribution in [0.4, 0.5) is 14.9 Å². The molecule has 0 aliphatic rings. The van der Waals surface area contributed by atoms with Gasteiger partial charge in [0, 0.05) is 17.5 Å². The number of carboxylic acids is 1. The zero-order valence-electron chi connectivity index (χ0n) is 9.99. The average Bonchev–Trinajstić information content (AvgIpc) is 2.33. The van der Waals surface area contributed by atoms with Crippen LogP contribution >= 0.6 is 27.5 Å². The highest BCUT2D eigenvalue weighted by molar-refractivity contribution is 9.10. The topological polar surface area (TPSA) is 98.7 Å². The summed E-state index contributed by atoms with van der Waals surface area (Å²) in [6.07, 6.45) is -0.138. The van der Waals surface area contributed by atoms with Crippen LogP contribution in [0.5, 0.6) is 0 Å². The molecule has 0 aliphatic heterocycles. The number of hydrogen-bond donors (Lipinski definition) is 4. The fourth-order valence-corrected chi connectivity index (χ4v) is 2.25. The molecule has 0 bridgehead atoms. The number of hydrogen-bond acceptors (Lipinski definition) is 3. The molecule has 0 heterocycles. The minimum absolute atomic E-state index is 0.0407. The number of carbonyl (C=O) groups excluding carboxylic acids is 1. The molecule has 20 heavy (non-hydrogen) atoms. The molecule has 4 N–H and O–H groups in total. The van der Waals surface area contributed by atoms with Crippen molar-refractivity contribution in [1.29, 1.82) is 0 Å². The summed E-state index contributed by atoms with van der Waals surface area (Å²) in [5.41, 5.74) is 0.110. The molecule has 1 rings (SSSR count). The Morgan fingerprint density at radius 2 is 2.10 bits per heavy atom. The van der Waals surface area contributed by atoms with Gasteiger partial charge in [0.25, 0.3) is 0 Å². The van der Waals surface area contributed by atoms with Gasteiger partial charge >= 0.3 is 12.0 Å². The maximum absolute atomic E-state index is 13.0. The van der Waals surface area contributed by atoms with Crippen molar-refractivity contribution in [1.82, 2.24) is 5.32 Å². The Labute approximate surface area is 127 Å². The molecule has 110 valence electrons. The van der Waals surface area contributed by atoms with Crippen molar-refractivity contribution in [3.63, 3.8) is 0 Å². The monoisotopic (exact) mass is 368 g/mol. The van der Waals surface area contributed by atoms with E-state index in [0.717, 1.165) is 12.1 Å². The predicted octanol–water partition coefficient (Wildman–Crippen LogP) is 2.20. The zero-order chi connectivity index (χ0) is 15.3. The molecule has 0 spiro atoms. The molecule has 1 atom stereocenters. The Hall–Kier alpha value is -1.38. The molecule has 1 aromatic rings. The van der Waals surface area contributed by atoms with Crippen molar-refractivity contribution in [2.45, 2.75) is 12.5 Å². The fourth-order valence-electron chi connectivity index (χ4n) is 1.36. The number of benzene rings is 1. The second kappa shape index (κ2) is 7.41. The first-order valence-corrected chi connectivity index (χ1v) is 6.58. The third-order valence-corrected chi connectivity index (χ3v) is 3.19. The van der Waals surface area contributed by atoms with Gasteiger partial charge in [-0.3, -0.25) is 0 Å². The van der Waals surface area contributed by atoms with Crippen LogP contribution in [0.15, 0.2) is 16.6 Å². The molecule has 9 heteroatoms. The van der Waals surface area contributed by atoms with Gasteiger partial charge in [-0.15, -0.1) is 0 Å². The van der Waals surface area contributed by atoms with Gasteiger partial charge in [-0.2, -0.15) is 0 Å². The Morgan fingerprint density at radius 1 is 1.45 bits per heavy atom. The van der Waals surface area contributed by atoms with Gasteiger partial charge in [-0.05, 0) is 28.1 Å². The van der Waals surface area contributed by atoms with E-state index in [0.29, 0.717) is 0 Å². The standard InChI is InChI=1S/C11H11BrClFN2O4/c12-6-3-5(14)4-7(13)9(6)16-11(20)15-8(1-2-17)10(18)19/h3-4,8,17H,1-2H2,(H,18,19)(H2,15,16,20). The average molecular weight is 370 g/mol. The number of rotatable bonds is 5. The van der Waals surface area contributed by atoms with Crippen LogP contribution in [0.25, 0.3) is 0 Å². The van der Waals surface area contributed by atoms with Gasteiger partial charge in [0.1, 0.15) is 11.9 Å². The summed E-state index contributed by atoms with van der Waals surface area (Å²) in [6.45, 7) is -0.391. The maximum Gasteiger partial charge on any atom is 0.326 e. The SMILES string of the molecule is O=C(Nc1c(Cl)cc(F)cc1Br)NC(CCO)C(=O)O. The van der Waals surface area contributed by atoms with Gasteiger partial charge in [0.05, 0.1) is 10.7 Å². The molecule has 0 fully saturated rings. The largest absolute Gasteiger partial charge is 0.480 e. The Bertz CT molecular complexity index is 506. The van der Waals surface area contributed by atoms with E-state index in [-0.39, 0.29) is 21.6 Å². The minimum Gasteiger partial charge on any atom is -0.480 e. The van der Waals surface area contributed by atoms with Gasteiger partial charge in [0.2, 0.25) is 0 Å². The normalized spacial score (nSPS) is 11.8. The van der Waals surface area contributed by atoms with Crippen molar-refractivity contribution < 1.29 is 24.2 Å². The molecular formula is C11H11BrClFN2O4. The molecule has 0 saturated carbocycles. The second-order valence-electron chi connectivity index (χ2n) is 3.75. The predicted molar refractivity (Wildman–Crippen MR) is 74.4 cm³/mol. The third-order valence-electron chi connectivity index (χ3n) is 2.27. The summed E-state index contributed by atoms with van der Waals surface area (Å²) >= 11 is 8.80. The lowest BCUT2D eigenvalue weighted by Gasteiger charge is -2.15. The van der Waals surface area contributed by atoms with Crippen LogP contribution in [0.1, 0.15) is 6.42 Å². The Balaban J connectivity index is 2.78. The van der Waals surface area contributed by atoms with Crippen LogP contribution in [0.3, 0.4) is 0 Å². The zero-order valence-corrected chi connectivity index (χ0v) is 12.3. The summed E-state index contributed by atoms with van der Waals surface area (Å²) in [5.74, 6) is -1.87. The van der Waals surface area contributed by atoms with Crippen molar-refractivity contribution in [3.8, 4) is 0 Å². The molecule has 6 nitrogen and oxygen atoms in total. The van der Waals surface area contributed by atoms with E-state index in [1.165, 1.54) is 0 Å². The van der Waals surface area contributed by atoms with Crippen LogP contribution in [-0.4, -0.2) is 34.9 Å². The number of aliphatic hydroxyl groups is 1. The van der Waals surface area contributed by atoms with Crippen molar-refractivity contribution in [3.05, 3.63) is 27.4 Å². The van der Waals surface area contributed by atoms with E-state index < -0.39 is 30.5 Å². The Morgan fingerprint density at radius 3 is 2.60 bits per heavy atom. The minimum atomic E-state index is -1.28. The number of nitrogens with one attached hydrogen (secondary N) is 2. The molecule has 0 saturated heterocycles. The smallest absolute Gasteiger partial charge is 0.326 e. The lowest BCUT2D eigenvalue weighted by atomic mass is 10.2. The molecule has 2 amide bonds. The highest BCUT2D eigenvalue weighted by atomic mass is 79.9. The van der Waals surface area contributed by atoms with E-state index in [1.807, 2.05) is 0 Å². The first-order chi connectivity index (χ1) is 9.35. The van der Waals surface area contributed by atoms with Gasteiger partial charge < -0.3 is 20.8 Å². The molecule has 0 aliphatic carbocycles. The number of carbonyl (C=O) groups is 2. The van der Waals surface area contributed by atoms with Crippen LogP contribution in [0, 0.1) is 5.82 Å². The van der Waals surface area contributed by atoms with E-state index in [2.05, 4.69) is 26.6 Å². The molecular weight excluding hydrogens is 358 g/mol. The van der Waals surface area contributed by atoms with Gasteiger partial charge in [-0.1, -0.05) is 11.6 Å². The first-order valence-electron chi connectivity index (χ1n) is 5.41. The van der Waals surface area contributed by atoms with Crippen LogP contribution in [0.2, 0.25) is 5.02 Å². The van der Waals surface area contributed by atoms with Gasteiger partial charge in [0.15, 0.2) is 0 Å². The Kier molecular flexibility index (Phi) is 6.18. The summed E-state index contributed by atoms with van der Waals surface area (Å²) < 4.78 is 13.2. The number of halogens is 3. The van der Waals surface area contributed by atoms with Crippen LogP contribution in [-0.2, 0) is 4.79 Å². The summed E-state index contributed by atoms with van der Waals surface area (Å²) in [4.78, 5) is 22.5. The number of carboxylic acid groups (broad SMARTS) is 1. The molecule has 1 aromatic carbocycles. The molecule has 0 aromatic heterocycles. The van der Waals surface area contributed by atoms with E-state index in [1.54, 1.807) is 0 Å². The number of aliphatic hydroxyl groups excluding tert-OH is 1. The quantitative estimate of drug-likeness (QED) is 0.639. The summed E-state index contributed by atoms with van der Waals surface area (Å²) in [6, 6.07) is 0.0341. The van der Waals surface area contributed by atoms with E-state index in [9.17, 15) is 14.0 Å². The van der Waals surface area contributed by atoms with E-state index in [4.69, 9.17) is 21.8 Å². The van der Waals surface area contributed by atoms with Crippen molar-refractivity contribution in [2.24, 2.45) is 0 Å². The lowest BCUT2D eigenvalue weighted by Crippen LogP contribution is -2.43. The molecule has 0 radical (unpaired) electrons. The number of urea groups is 1. The highest BCUT2D eigenvalue weighted by Crippen LogP contribution is 2.31. The number of anilines is 1. The van der Waals surface area contributed by atoms with Crippen molar-refractivity contribution >= 4 is 45.2 Å². The number of amides is 2. The number of aliphatic carboxylic acids is 1. The fraction of sp³-hybridized carbons (Fsp3) is 0.273. The lowest BCUT2D eigenvalue weighted by molar-refractivity contribution is -0.139. The summed E-state index contributed by atoms with van der Waals surface area (Å²) in [5, 5.41) is 21.9. The second-order valence-corrected chi connectivity index (χ2v) is 5.01. The summed E-state index contributed by atoms with van der Waals surface area (Å²) in [7, 11) is 0. The van der Waals surface area contributed by atoms with Crippen LogP contribution < -0.4 is 10.6 Å². The third kappa shape index (κ3) is 4.62. The first kappa shape index (κ1) is 16.7. The van der Waals surface area contributed by atoms with E-state index >= 15 is 0 Å². The molecule has 1 unspecified atom stereocenters. The van der Waals surface area contributed by atoms with Gasteiger partial charge in [-0.25, -0.2) is 14.0 Å². The highest BCUT2D eigenvalue weighted by Gasteiger charge is 2.20. The van der Waals surface area contributed by atoms with Crippen molar-refractivity contribution in [2.75, 3.05) is 11.9 Å².